The van der Waals surface area contributed by atoms with Crippen LogP contribution in [0.1, 0.15) is 35.6 Å². The second-order valence-electron chi connectivity index (χ2n) is 7.49. The Hall–Kier alpha value is -3.81. The van der Waals surface area contributed by atoms with Crippen LogP contribution in [0, 0.1) is 5.82 Å². The minimum Gasteiger partial charge on any atom is -0.355 e. The van der Waals surface area contributed by atoms with Gasteiger partial charge in [-0.25, -0.2) is 4.39 Å². The molecule has 0 fully saturated rings. The van der Waals surface area contributed by atoms with Crippen molar-refractivity contribution in [3.63, 3.8) is 0 Å². The third-order valence-electron chi connectivity index (χ3n) is 5.38. The van der Waals surface area contributed by atoms with Crippen LogP contribution in [0.5, 0.6) is 0 Å². The van der Waals surface area contributed by atoms with Crippen LogP contribution < -0.4 is 5.32 Å². The summed E-state index contributed by atoms with van der Waals surface area (Å²) in [5, 5.41) is 15.1. The van der Waals surface area contributed by atoms with Gasteiger partial charge in [-0.15, -0.1) is 10.2 Å². The van der Waals surface area contributed by atoms with E-state index in [2.05, 4.69) is 20.7 Å². The molecule has 1 aliphatic heterocycles. The molecule has 1 amide bonds. The van der Waals surface area contributed by atoms with E-state index in [9.17, 15) is 9.18 Å². The zero-order chi connectivity index (χ0) is 21.2. The summed E-state index contributed by atoms with van der Waals surface area (Å²) in [6.45, 7) is 0.759. The largest absolute Gasteiger partial charge is 0.355 e. The van der Waals surface area contributed by atoms with E-state index < -0.39 is 11.7 Å². The van der Waals surface area contributed by atoms with Crippen molar-refractivity contribution in [2.75, 3.05) is 5.32 Å². The highest BCUT2D eigenvalue weighted by Gasteiger charge is 2.20. The highest BCUT2D eigenvalue weighted by atomic mass is 19.1. The van der Waals surface area contributed by atoms with Crippen LogP contribution in [-0.2, 0) is 13.0 Å². The zero-order valence-corrected chi connectivity index (χ0v) is 16.7. The van der Waals surface area contributed by atoms with E-state index in [0.29, 0.717) is 22.8 Å². The summed E-state index contributed by atoms with van der Waals surface area (Å²) < 4.78 is 21.9. The second kappa shape index (κ2) is 8.14. The number of amides is 1. The molecule has 0 spiro atoms. The van der Waals surface area contributed by atoms with Gasteiger partial charge < -0.3 is 14.4 Å². The van der Waals surface area contributed by atoms with Gasteiger partial charge in [-0.3, -0.25) is 4.79 Å². The number of aromatic nitrogens is 4. The van der Waals surface area contributed by atoms with Gasteiger partial charge in [0.2, 0.25) is 0 Å². The topological polar surface area (TPSA) is 85.8 Å². The molecule has 3 heterocycles. The maximum Gasteiger partial charge on any atom is 0.277 e. The lowest BCUT2D eigenvalue weighted by atomic mass is 10.1. The Labute approximate surface area is 177 Å². The fourth-order valence-corrected chi connectivity index (χ4v) is 3.77. The van der Waals surface area contributed by atoms with Crippen molar-refractivity contribution < 1.29 is 13.7 Å². The summed E-state index contributed by atoms with van der Waals surface area (Å²) in [6, 6.07) is 15.4. The van der Waals surface area contributed by atoms with Crippen molar-refractivity contribution in [1.29, 1.82) is 0 Å². The zero-order valence-electron chi connectivity index (χ0n) is 16.7. The van der Waals surface area contributed by atoms with Gasteiger partial charge in [0.15, 0.2) is 17.3 Å². The molecule has 0 saturated heterocycles. The molecule has 4 aromatic rings. The van der Waals surface area contributed by atoms with Crippen LogP contribution >= 0.6 is 0 Å². The second-order valence-corrected chi connectivity index (χ2v) is 7.49. The molecule has 0 saturated carbocycles. The molecule has 31 heavy (non-hydrogen) atoms. The van der Waals surface area contributed by atoms with Crippen LogP contribution in [0.15, 0.2) is 59.1 Å². The lowest BCUT2D eigenvalue weighted by Crippen LogP contribution is -2.12. The molecule has 0 aliphatic carbocycles. The Kier molecular flexibility index (Phi) is 5.03. The molecule has 2 aromatic heterocycles. The molecule has 156 valence electrons. The van der Waals surface area contributed by atoms with Gasteiger partial charge in [0.05, 0.1) is 5.56 Å². The van der Waals surface area contributed by atoms with Gasteiger partial charge in [0, 0.05) is 30.3 Å². The lowest BCUT2D eigenvalue weighted by Gasteiger charge is -2.10. The van der Waals surface area contributed by atoms with Crippen LogP contribution in [0.25, 0.3) is 22.7 Å². The number of halogens is 1. The molecule has 5 rings (SSSR count). The lowest BCUT2D eigenvalue weighted by molar-refractivity contribution is 0.101. The van der Waals surface area contributed by atoms with Gasteiger partial charge in [-0.05, 0) is 31.0 Å². The molecule has 0 atom stereocenters. The average molecular weight is 417 g/mol. The summed E-state index contributed by atoms with van der Waals surface area (Å²) in [6.07, 6.45) is 4.01. The van der Waals surface area contributed by atoms with Crippen LogP contribution in [0.3, 0.4) is 0 Å². The predicted octanol–water partition coefficient (Wildman–Crippen LogP) is 4.72. The van der Waals surface area contributed by atoms with Gasteiger partial charge in [-0.2, -0.15) is 0 Å². The quantitative estimate of drug-likeness (QED) is 0.519. The number of anilines is 1. The molecule has 0 unspecified atom stereocenters. The normalized spacial score (nSPS) is 13.5. The highest BCUT2D eigenvalue weighted by molar-refractivity contribution is 6.03. The number of rotatable bonds is 4. The van der Waals surface area contributed by atoms with Crippen molar-refractivity contribution >= 4 is 11.6 Å². The van der Waals surface area contributed by atoms with Gasteiger partial charge in [-0.1, -0.05) is 41.9 Å². The Bertz CT molecular complexity index is 1230. The summed E-state index contributed by atoms with van der Waals surface area (Å²) in [7, 11) is 0. The Morgan fingerprint density at radius 1 is 1.03 bits per heavy atom. The van der Waals surface area contributed by atoms with Gasteiger partial charge >= 0.3 is 0 Å². The maximum absolute atomic E-state index is 14.6. The third-order valence-corrected chi connectivity index (χ3v) is 5.38. The number of nitrogens with one attached hydrogen (secondary N) is 1. The molecule has 2 aromatic carbocycles. The van der Waals surface area contributed by atoms with Crippen LogP contribution in [0.2, 0.25) is 0 Å². The summed E-state index contributed by atoms with van der Waals surface area (Å²) in [4.78, 5) is 12.7. The molecule has 8 heteroatoms. The first kappa shape index (κ1) is 19.2. The minimum atomic E-state index is -0.441. The highest BCUT2D eigenvalue weighted by Crippen LogP contribution is 2.28. The molecule has 7 nitrogen and oxygen atoms in total. The van der Waals surface area contributed by atoms with Crippen LogP contribution in [-0.4, -0.2) is 25.8 Å². The molecular weight excluding hydrogens is 397 g/mol. The number of hydrogen-bond acceptors (Lipinski definition) is 5. The first-order valence-corrected chi connectivity index (χ1v) is 10.2. The number of carbonyl (C=O) groups is 1. The molecule has 0 radical (unpaired) electrons. The molecular formula is C23H20FN5O2. The molecule has 1 aliphatic rings. The SMILES string of the molecule is O=C(Nc1ccc(F)c(-c2nnc3n2CCCCC3)c1)c1cc(-c2ccccc2)on1. The fraction of sp³-hybridized carbons (Fsp3) is 0.217. The third kappa shape index (κ3) is 3.84. The molecule has 0 bridgehead atoms. The smallest absolute Gasteiger partial charge is 0.277 e. The Morgan fingerprint density at radius 3 is 2.77 bits per heavy atom. The number of hydrogen-bond donors (Lipinski definition) is 1. The van der Waals surface area contributed by atoms with Crippen molar-refractivity contribution in [3.8, 4) is 22.7 Å². The molecule has 1 N–H and O–H groups in total. The van der Waals surface area contributed by atoms with E-state index in [1.165, 1.54) is 12.1 Å². The predicted molar refractivity (Wildman–Crippen MR) is 113 cm³/mol. The van der Waals surface area contributed by atoms with Crippen molar-refractivity contribution in [1.82, 2.24) is 19.9 Å². The number of aryl methyl sites for hydroxylation is 1. The summed E-state index contributed by atoms with van der Waals surface area (Å²) >= 11 is 0. The van der Waals surface area contributed by atoms with Gasteiger partial charge in [0.25, 0.3) is 5.91 Å². The van der Waals surface area contributed by atoms with Crippen molar-refractivity contribution in [3.05, 3.63) is 71.9 Å². The van der Waals surface area contributed by atoms with E-state index in [1.54, 1.807) is 12.1 Å². The average Bonchev–Trinajstić information content (AvgIpc) is 3.38. The van der Waals surface area contributed by atoms with Gasteiger partial charge in [0.1, 0.15) is 11.6 Å². The summed E-state index contributed by atoms with van der Waals surface area (Å²) in [5.41, 5.74) is 1.71. The minimum absolute atomic E-state index is 0.140. The first-order valence-electron chi connectivity index (χ1n) is 10.2. The van der Waals surface area contributed by atoms with E-state index in [0.717, 1.165) is 43.6 Å². The number of benzene rings is 2. The standard InChI is InChI=1S/C23H20FN5O2/c24-18-11-10-16(13-17(18)22-27-26-21-9-5-2-6-12-29(21)22)25-23(30)19-14-20(31-28-19)15-7-3-1-4-8-15/h1,3-4,7-8,10-11,13-14H,2,5-6,9,12H2,(H,25,30). The van der Waals surface area contributed by atoms with E-state index in [-0.39, 0.29) is 5.69 Å². The Morgan fingerprint density at radius 2 is 1.90 bits per heavy atom. The fourth-order valence-electron chi connectivity index (χ4n) is 3.77. The summed E-state index contributed by atoms with van der Waals surface area (Å²) in [5.74, 6) is 1.00. The number of nitrogens with zero attached hydrogens (tertiary/aromatic N) is 4. The monoisotopic (exact) mass is 417 g/mol. The van der Waals surface area contributed by atoms with Crippen molar-refractivity contribution in [2.45, 2.75) is 32.2 Å². The van der Waals surface area contributed by atoms with E-state index in [1.807, 2.05) is 34.9 Å². The number of carbonyl (C=O) groups excluding carboxylic acids is 1. The van der Waals surface area contributed by atoms with Crippen molar-refractivity contribution in [2.24, 2.45) is 0 Å². The maximum atomic E-state index is 14.6. The number of fused-ring (bicyclic) bond motifs is 1. The van der Waals surface area contributed by atoms with Crippen LogP contribution in [0.4, 0.5) is 10.1 Å². The van der Waals surface area contributed by atoms with E-state index in [4.69, 9.17) is 4.52 Å². The Balaban J connectivity index is 1.40. The first-order chi connectivity index (χ1) is 15.2. The van der Waals surface area contributed by atoms with E-state index >= 15 is 0 Å².